The first-order chi connectivity index (χ1) is 13.5. The normalized spacial score (nSPS) is 13.8. The van der Waals surface area contributed by atoms with Crippen molar-refractivity contribution in [3.63, 3.8) is 0 Å². The largest absolute Gasteiger partial charge is 0.508 e. The molecule has 5 nitrogen and oxygen atoms in total. The first-order valence-corrected chi connectivity index (χ1v) is 10.9. The van der Waals surface area contributed by atoms with Gasteiger partial charge >= 0.3 is 0 Å². The van der Waals surface area contributed by atoms with Crippen molar-refractivity contribution < 1.29 is 23.2 Å². The van der Waals surface area contributed by atoms with Gasteiger partial charge in [0.25, 0.3) is 10.1 Å². The number of halogens is 4. The lowest BCUT2D eigenvalue weighted by molar-refractivity contribution is 0.456. The van der Waals surface area contributed by atoms with Crippen LogP contribution in [0.25, 0.3) is 0 Å². The highest BCUT2D eigenvalue weighted by atomic mass is 35.5. The summed E-state index contributed by atoms with van der Waals surface area (Å²) in [6.45, 7) is 0. The van der Waals surface area contributed by atoms with Crippen molar-refractivity contribution in [1.82, 2.24) is 0 Å². The zero-order valence-electron chi connectivity index (χ0n) is 14.3. The van der Waals surface area contributed by atoms with Crippen LogP contribution in [0.3, 0.4) is 0 Å². The Hall–Kier alpha value is -1.67. The van der Waals surface area contributed by atoms with Crippen LogP contribution in [0.1, 0.15) is 16.7 Å². The smallest absolute Gasteiger partial charge is 0.283 e. The van der Waals surface area contributed by atoms with Crippen molar-refractivity contribution >= 4 is 56.5 Å². The number of rotatable bonds is 4. The summed E-state index contributed by atoms with van der Waals surface area (Å²) in [5, 5.41) is 18.5. The molecule has 0 spiro atoms. The molecule has 3 N–H and O–H groups in total. The summed E-state index contributed by atoms with van der Waals surface area (Å²) < 4.78 is 34.1. The Bertz CT molecular complexity index is 1200. The summed E-state index contributed by atoms with van der Waals surface area (Å²) in [6.07, 6.45) is 0. The highest BCUT2D eigenvalue weighted by Gasteiger charge is 2.51. The molecule has 0 aliphatic rings. The van der Waals surface area contributed by atoms with Gasteiger partial charge in [0.2, 0.25) is 0 Å². The Labute approximate surface area is 186 Å². The molecule has 3 aromatic carbocycles. The van der Waals surface area contributed by atoms with E-state index in [1.807, 2.05) is 0 Å². The average molecular weight is 494 g/mol. The van der Waals surface area contributed by atoms with Gasteiger partial charge in [0.1, 0.15) is 10.8 Å². The molecule has 10 heteroatoms. The van der Waals surface area contributed by atoms with Gasteiger partial charge < -0.3 is 10.2 Å². The quantitative estimate of drug-likeness (QED) is 0.239. The van der Waals surface area contributed by atoms with E-state index in [0.29, 0.717) is 0 Å². The number of benzene rings is 3. The molecule has 3 aromatic rings. The first kappa shape index (κ1) is 22.0. The highest BCUT2D eigenvalue weighted by Crippen LogP contribution is 2.52. The fourth-order valence-corrected chi connectivity index (χ4v) is 5.69. The fraction of sp³-hybridized carbons (Fsp3) is 0.0526. The van der Waals surface area contributed by atoms with E-state index in [-0.39, 0.29) is 37.5 Å². The minimum absolute atomic E-state index is 0.0785. The van der Waals surface area contributed by atoms with Crippen LogP contribution in [-0.4, -0.2) is 23.2 Å². The Morgan fingerprint density at radius 3 is 1.93 bits per heavy atom. The van der Waals surface area contributed by atoms with E-state index in [2.05, 4.69) is 0 Å². The second-order valence-corrected chi connectivity index (χ2v) is 9.20. The average Bonchev–Trinajstić information content (AvgIpc) is 2.65. The number of aromatic hydroxyl groups is 2. The molecule has 0 aromatic heterocycles. The molecule has 0 saturated carbocycles. The van der Waals surface area contributed by atoms with E-state index in [1.54, 1.807) is 18.2 Å². The Kier molecular flexibility index (Phi) is 5.98. The van der Waals surface area contributed by atoms with Crippen molar-refractivity contribution in [3.8, 4) is 11.5 Å². The maximum absolute atomic E-state index is 13.0. The topological polar surface area (TPSA) is 94.8 Å². The van der Waals surface area contributed by atoms with Crippen molar-refractivity contribution in [3.05, 3.63) is 91.4 Å². The molecule has 0 heterocycles. The third-order valence-electron chi connectivity index (χ3n) is 4.41. The molecule has 1 unspecified atom stereocenters. The number of phenols is 2. The van der Waals surface area contributed by atoms with E-state index >= 15 is 0 Å². The molecule has 0 aliphatic carbocycles. The Balaban J connectivity index is 2.62. The summed E-state index contributed by atoms with van der Waals surface area (Å²) >= 11 is 24.7. The molecule has 0 saturated heterocycles. The van der Waals surface area contributed by atoms with Gasteiger partial charge in [0.15, 0.2) is 10.5 Å². The molecular weight excluding hydrogens is 482 g/mol. The molecular formula is C19H12Cl4O5S. The number of phenolic OH excluding ortho intramolecular Hbond substituents is 2. The summed E-state index contributed by atoms with van der Waals surface area (Å²) in [6, 6.07) is 12.3. The lowest BCUT2D eigenvalue weighted by atomic mass is 9.83. The van der Waals surface area contributed by atoms with E-state index in [4.69, 9.17) is 46.4 Å². The van der Waals surface area contributed by atoms with Crippen molar-refractivity contribution in [2.75, 3.05) is 0 Å². The Morgan fingerprint density at radius 2 is 1.38 bits per heavy atom. The lowest BCUT2D eigenvalue weighted by Gasteiger charge is -2.34. The van der Waals surface area contributed by atoms with E-state index in [1.165, 1.54) is 24.3 Å². The zero-order valence-corrected chi connectivity index (χ0v) is 18.1. The van der Waals surface area contributed by atoms with Crippen molar-refractivity contribution in [2.45, 2.75) is 4.75 Å². The lowest BCUT2D eigenvalue weighted by Crippen LogP contribution is -2.39. The van der Waals surface area contributed by atoms with Crippen LogP contribution in [0.2, 0.25) is 20.1 Å². The second kappa shape index (κ2) is 7.87. The monoisotopic (exact) mass is 492 g/mol. The molecule has 152 valence electrons. The molecule has 0 radical (unpaired) electrons. The number of hydrogen-bond acceptors (Lipinski definition) is 4. The van der Waals surface area contributed by atoms with Gasteiger partial charge in [-0.2, -0.15) is 8.42 Å². The summed E-state index contributed by atoms with van der Waals surface area (Å²) in [7, 11) is -5.04. The molecule has 29 heavy (non-hydrogen) atoms. The summed E-state index contributed by atoms with van der Waals surface area (Å²) in [4.78, 5) is 0. The SMILES string of the molecule is O=S(=O)(O)C(c1ccccc1)(c1ccc(O)cc1Cl)c1cc(Cl)c(O)c(Cl)c1Cl. The zero-order chi connectivity index (χ0) is 21.6. The van der Waals surface area contributed by atoms with Crippen LogP contribution in [0.5, 0.6) is 11.5 Å². The van der Waals surface area contributed by atoms with Crippen LogP contribution >= 0.6 is 46.4 Å². The van der Waals surface area contributed by atoms with Crippen LogP contribution in [0, 0.1) is 0 Å². The van der Waals surface area contributed by atoms with Crippen LogP contribution in [0.15, 0.2) is 54.6 Å². The third-order valence-corrected chi connectivity index (χ3v) is 7.32. The Morgan fingerprint density at radius 1 is 0.759 bits per heavy atom. The van der Waals surface area contributed by atoms with Gasteiger partial charge in [0, 0.05) is 16.1 Å². The highest BCUT2D eigenvalue weighted by molar-refractivity contribution is 7.87. The minimum atomic E-state index is -5.04. The van der Waals surface area contributed by atoms with Gasteiger partial charge in [-0.15, -0.1) is 0 Å². The molecule has 3 rings (SSSR count). The molecule has 0 amide bonds. The van der Waals surface area contributed by atoms with Crippen molar-refractivity contribution in [1.29, 1.82) is 0 Å². The maximum Gasteiger partial charge on any atom is 0.283 e. The van der Waals surface area contributed by atoms with Gasteiger partial charge in [-0.25, -0.2) is 0 Å². The predicted octanol–water partition coefficient (Wildman–Crippen LogP) is 5.89. The molecule has 1 atom stereocenters. The maximum atomic E-state index is 13.0. The fourth-order valence-electron chi connectivity index (χ4n) is 3.19. The predicted molar refractivity (Wildman–Crippen MR) is 114 cm³/mol. The van der Waals surface area contributed by atoms with E-state index < -0.39 is 25.6 Å². The van der Waals surface area contributed by atoms with E-state index in [9.17, 15) is 23.2 Å². The van der Waals surface area contributed by atoms with Gasteiger partial charge in [-0.05, 0) is 23.8 Å². The van der Waals surface area contributed by atoms with Crippen LogP contribution in [0.4, 0.5) is 0 Å². The molecule has 0 bridgehead atoms. The third kappa shape index (κ3) is 3.54. The molecule has 0 aliphatic heterocycles. The van der Waals surface area contributed by atoms with Gasteiger partial charge in [-0.1, -0.05) is 82.8 Å². The molecule has 0 fully saturated rings. The van der Waals surface area contributed by atoms with Crippen LogP contribution in [-0.2, 0) is 14.9 Å². The standard InChI is InChI=1S/C19H12Cl4O5S/c20-14-8-11(24)6-7-12(14)19(29(26,27)28,10-4-2-1-3-5-10)13-9-15(21)18(25)17(23)16(13)22/h1-9,24-25H,(H,26,27,28). The van der Waals surface area contributed by atoms with Crippen molar-refractivity contribution in [2.24, 2.45) is 0 Å². The summed E-state index contributed by atoms with van der Waals surface area (Å²) in [5.74, 6) is -0.764. The van der Waals surface area contributed by atoms with E-state index in [0.717, 1.165) is 12.1 Å². The second-order valence-electron chi connectivity index (χ2n) is 6.07. The van der Waals surface area contributed by atoms with Crippen LogP contribution < -0.4 is 0 Å². The summed E-state index contributed by atoms with van der Waals surface area (Å²) in [5.41, 5.74) is -0.256. The first-order valence-electron chi connectivity index (χ1n) is 7.90. The van der Waals surface area contributed by atoms with Gasteiger partial charge in [-0.3, -0.25) is 4.55 Å². The number of hydrogen-bond donors (Lipinski definition) is 3. The van der Waals surface area contributed by atoms with Gasteiger partial charge in [0.05, 0.1) is 10.0 Å². The minimum Gasteiger partial charge on any atom is -0.508 e.